The number of nitrogens with zero attached hydrogens (tertiary/aromatic N) is 2. The lowest BCUT2D eigenvalue weighted by atomic mass is 10.3. The SMILES string of the molecule is CN(Cc1cccnc1)C(=O)Nc1ccccc1F. The number of anilines is 1. The zero-order chi connectivity index (χ0) is 13.7. The van der Waals surface area contributed by atoms with Crippen LogP contribution in [0.1, 0.15) is 5.56 Å². The van der Waals surface area contributed by atoms with Crippen LogP contribution < -0.4 is 5.32 Å². The van der Waals surface area contributed by atoms with Gasteiger partial charge < -0.3 is 10.2 Å². The van der Waals surface area contributed by atoms with Gasteiger partial charge in [0.1, 0.15) is 5.82 Å². The molecule has 0 unspecified atom stereocenters. The first-order valence-corrected chi connectivity index (χ1v) is 5.82. The molecule has 1 aromatic carbocycles. The lowest BCUT2D eigenvalue weighted by molar-refractivity contribution is 0.220. The Labute approximate surface area is 110 Å². The van der Waals surface area contributed by atoms with Gasteiger partial charge in [-0.2, -0.15) is 0 Å². The maximum Gasteiger partial charge on any atom is 0.321 e. The van der Waals surface area contributed by atoms with Crippen LogP contribution in [0, 0.1) is 5.82 Å². The second-order valence-corrected chi connectivity index (χ2v) is 4.13. The van der Waals surface area contributed by atoms with Gasteiger partial charge in [0.2, 0.25) is 0 Å². The van der Waals surface area contributed by atoms with Crippen molar-refractivity contribution >= 4 is 11.7 Å². The first-order chi connectivity index (χ1) is 9.16. The molecule has 0 saturated carbocycles. The fraction of sp³-hybridized carbons (Fsp3) is 0.143. The van der Waals surface area contributed by atoms with Crippen molar-refractivity contribution in [3.8, 4) is 0 Å². The van der Waals surface area contributed by atoms with Crippen molar-refractivity contribution in [2.24, 2.45) is 0 Å². The molecule has 0 aliphatic heterocycles. The molecule has 1 aromatic heterocycles. The molecule has 0 aliphatic carbocycles. The van der Waals surface area contributed by atoms with Gasteiger partial charge >= 0.3 is 6.03 Å². The molecule has 19 heavy (non-hydrogen) atoms. The van der Waals surface area contributed by atoms with Gasteiger partial charge in [0.25, 0.3) is 0 Å². The van der Waals surface area contributed by atoms with Crippen LogP contribution in [0.2, 0.25) is 0 Å². The summed E-state index contributed by atoms with van der Waals surface area (Å²) in [6, 6.07) is 9.37. The van der Waals surface area contributed by atoms with Crippen LogP contribution in [0.5, 0.6) is 0 Å². The highest BCUT2D eigenvalue weighted by atomic mass is 19.1. The molecule has 0 atom stereocenters. The van der Waals surface area contributed by atoms with Crippen molar-refractivity contribution in [1.82, 2.24) is 9.88 Å². The van der Waals surface area contributed by atoms with E-state index in [-0.39, 0.29) is 11.7 Å². The molecule has 2 aromatic rings. The van der Waals surface area contributed by atoms with Crippen molar-refractivity contribution in [3.05, 3.63) is 60.2 Å². The third kappa shape index (κ3) is 3.51. The summed E-state index contributed by atoms with van der Waals surface area (Å²) in [6.07, 6.45) is 3.36. The first-order valence-electron chi connectivity index (χ1n) is 5.82. The first kappa shape index (κ1) is 13.0. The largest absolute Gasteiger partial charge is 0.323 e. The van der Waals surface area contributed by atoms with Gasteiger partial charge in [-0.3, -0.25) is 4.98 Å². The highest BCUT2D eigenvalue weighted by Gasteiger charge is 2.11. The molecule has 0 fully saturated rings. The van der Waals surface area contributed by atoms with Crippen LogP contribution >= 0.6 is 0 Å². The number of hydrogen-bond donors (Lipinski definition) is 1. The fourth-order valence-corrected chi connectivity index (χ4v) is 1.61. The summed E-state index contributed by atoms with van der Waals surface area (Å²) in [6.45, 7) is 0.411. The van der Waals surface area contributed by atoms with Gasteiger partial charge in [-0.25, -0.2) is 9.18 Å². The van der Waals surface area contributed by atoms with Crippen LogP contribution in [0.3, 0.4) is 0 Å². The summed E-state index contributed by atoms with van der Waals surface area (Å²) in [5, 5.41) is 2.52. The number of amides is 2. The molecule has 5 heteroatoms. The monoisotopic (exact) mass is 259 g/mol. The number of rotatable bonds is 3. The number of hydrogen-bond acceptors (Lipinski definition) is 2. The number of urea groups is 1. The molecule has 1 heterocycles. The Hall–Kier alpha value is -2.43. The van der Waals surface area contributed by atoms with E-state index in [2.05, 4.69) is 10.3 Å². The van der Waals surface area contributed by atoms with Crippen molar-refractivity contribution in [2.75, 3.05) is 12.4 Å². The van der Waals surface area contributed by atoms with Crippen LogP contribution in [0.25, 0.3) is 0 Å². The van der Waals surface area contributed by atoms with E-state index in [0.29, 0.717) is 6.54 Å². The minimum absolute atomic E-state index is 0.172. The summed E-state index contributed by atoms with van der Waals surface area (Å²) in [5.74, 6) is -0.453. The third-order valence-corrected chi connectivity index (χ3v) is 2.60. The quantitative estimate of drug-likeness (QED) is 0.921. The number of aromatic nitrogens is 1. The number of para-hydroxylation sites is 1. The van der Waals surface area contributed by atoms with E-state index in [0.717, 1.165) is 5.56 Å². The fourth-order valence-electron chi connectivity index (χ4n) is 1.61. The van der Waals surface area contributed by atoms with Crippen LogP contribution in [0.4, 0.5) is 14.9 Å². The highest BCUT2D eigenvalue weighted by molar-refractivity contribution is 5.89. The van der Waals surface area contributed by atoms with E-state index < -0.39 is 5.82 Å². The third-order valence-electron chi connectivity index (χ3n) is 2.60. The Balaban J connectivity index is 1.99. The smallest absolute Gasteiger partial charge is 0.321 e. The molecule has 2 amide bonds. The topological polar surface area (TPSA) is 45.2 Å². The van der Waals surface area contributed by atoms with E-state index >= 15 is 0 Å². The van der Waals surface area contributed by atoms with Crippen molar-refractivity contribution in [3.63, 3.8) is 0 Å². The number of pyridine rings is 1. The molecule has 0 radical (unpaired) electrons. The summed E-state index contributed by atoms with van der Waals surface area (Å²) < 4.78 is 13.4. The van der Waals surface area contributed by atoms with Crippen molar-refractivity contribution < 1.29 is 9.18 Å². The minimum Gasteiger partial charge on any atom is -0.323 e. The van der Waals surface area contributed by atoms with Gasteiger partial charge in [-0.15, -0.1) is 0 Å². The number of nitrogens with one attached hydrogen (secondary N) is 1. The Morgan fingerprint density at radius 2 is 2.11 bits per heavy atom. The van der Waals surface area contributed by atoms with E-state index in [9.17, 15) is 9.18 Å². The van der Waals surface area contributed by atoms with Gasteiger partial charge in [0.15, 0.2) is 0 Å². The van der Waals surface area contributed by atoms with E-state index in [4.69, 9.17) is 0 Å². The molecule has 0 aliphatic rings. The van der Waals surface area contributed by atoms with E-state index in [1.165, 1.54) is 17.0 Å². The van der Waals surface area contributed by atoms with Crippen molar-refractivity contribution in [2.45, 2.75) is 6.54 Å². The lowest BCUT2D eigenvalue weighted by Gasteiger charge is -2.18. The van der Waals surface area contributed by atoms with Crippen LogP contribution in [0.15, 0.2) is 48.8 Å². The zero-order valence-electron chi connectivity index (χ0n) is 10.5. The van der Waals surface area contributed by atoms with Gasteiger partial charge in [0, 0.05) is 26.0 Å². The van der Waals surface area contributed by atoms with Gasteiger partial charge in [-0.05, 0) is 23.8 Å². The maximum absolute atomic E-state index is 13.4. The summed E-state index contributed by atoms with van der Waals surface area (Å²) in [4.78, 5) is 17.3. The molecule has 2 rings (SSSR count). The summed E-state index contributed by atoms with van der Waals surface area (Å²) in [5.41, 5.74) is 1.08. The molecule has 98 valence electrons. The number of halogens is 1. The van der Waals surface area contributed by atoms with Crippen molar-refractivity contribution in [1.29, 1.82) is 0 Å². The predicted octanol–water partition coefficient (Wildman–Crippen LogP) is 2.88. The maximum atomic E-state index is 13.4. The Kier molecular flexibility index (Phi) is 4.07. The minimum atomic E-state index is -0.453. The highest BCUT2D eigenvalue weighted by Crippen LogP contribution is 2.13. The van der Waals surface area contributed by atoms with Gasteiger partial charge in [-0.1, -0.05) is 18.2 Å². The van der Waals surface area contributed by atoms with Crippen LogP contribution in [-0.4, -0.2) is 23.0 Å². The number of carbonyl (C=O) groups is 1. The standard InChI is InChI=1S/C14H14FN3O/c1-18(10-11-5-4-8-16-9-11)14(19)17-13-7-3-2-6-12(13)15/h2-9H,10H2,1H3,(H,17,19). The van der Waals surface area contributed by atoms with E-state index in [1.807, 2.05) is 6.07 Å². The summed E-state index contributed by atoms with van der Waals surface area (Å²) >= 11 is 0. The van der Waals surface area contributed by atoms with E-state index in [1.54, 1.807) is 37.6 Å². The Bertz CT molecular complexity index is 560. The second kappa shape index (κ2) is 5.95. The summed E-state index contributed by atoms with van der Waals surface area (Å²) in [7, 11) is 1.64. The molecular formula is C14H14FN3O. The Morgan fingerprint density at radius 1 is 1.32 bits per heavy atom. The number of carbonyl (C=O) groups excluding carboxylic acids is 1. The average molecular weight is 259 g/mol. The second-order valence-electron chi connectivity index (χ2n) is 4.13. The predicted molar refractivity (Wildman–Crippen MR) is 71.1 cm³/mol. The molecular weight excluding hydrogens is 245 g/mol. The molecule has 1 N–H and O–H groups in total. The molecule has 0 bridgehead atoms. The number of benzene rings is 1. The zero-order valence-corrected chi connectivity index (χ0v) is 10.5. The Morgan fingerprint density at radius 3 is 2.79 bits per heavy atom. The molecule has 0 saturated heterocycles. The lowest BCUT2D eigenvalue weighted by Crippen LogP contribution is -2.31. The molecule has 4 nitrogen and oxygen atoms in total. The normalized spacial score (nSPS) is 10.0. The molecule has 0 spiro atoms. The van der Waals surface area contributed by atoms with Gasteiger partial charge in [0.05, 0.1) is 5.69 Å². The average Bonchev–Trinajstić information content (AvgIpc) is 2.42. The van der Waals surface area contributed by atoms with Crippen LogP contribution in [-0.2, 0) is 6.54 Å².